The van der Waals surface area contributed by atoms with Crippen molar-refractivity contribution in [3.8, 4) is 5.75 Å². The molecule has 1 unspecified atom stereocenters. The lowest BCUT2D eigenvalue weighted by Crippen LogP contribution is -2.39. The van der Waals surface area contributed by atoms with Gasteiger partial charge in [0.05, 0.1) is 13.7 Å². The van der Waals surface area contributed by atoms with Crippen LogP contribution in [0.15, 0.2) is 54.6 Å². The number of hydrogen-bond donors (Lipinski definition) is 1. The number of hydrogen-bond acceptors (Lipinski definition) is 3. The van der Waals surface area contributed by atoms with Gasteiger partial charge in [-0.25, -0.2) is 0 Å². The third-order valence-corrected chi connectivity index (χ3v) is 4.99. The zero-order valence-electron chi connectivity index (χ0n) is 15.7. The van der Waals surface area contributed by atoms with Crippen LogP contribution in [-0.2, 0) is 11.3 Å². The standard InChI is InChI=1S/C22H28N2O2/c1-17(20-8-4-3-5-9-20)24(15-18-11-12-18)16-22(25)23-14-19-7-6-10-21(13-19)26-2/h3-10,13,17-18H,11-12,14-16H2,1-2H3,(H,23,25). The van der Waals surface area contributed by atoms with Gasteiger partial charge in [-0.05, 0) is 48.9 Å². The van der Waals surface area contributed by atoms with Crippen molar-refractivity contribution in [3.05, 3.63) is 65.7 Å². The average molecular weight is 352 g/mol. The van der Waals surface area contributed by atoms with Gasteiger partial charge < -0.3 is 10.1 Å². The predicted octanol–water partition coefficient (Wildman–Crippen LogP) is 3.78. The van der Waals surface area contributed by atoms with Crippen LogP contribution in [0.4, 0.5) is 0 Å². The molecule has 1 aliphatic rings. The summed E-state index contributed by atoms with van der Waals surface area (Å²) < 4.78 is 5.24. The van der Waals surface area contributed by atoms with E-state index in [9.17, 15) is 4.79 Å². The van der Waals surface area contributed by atoms with Crippen LogP contribution in [0, 0.1) is 5.92 Å². The van der Waals surface area contributed by atoms with E-state index < -0.39 is 0 Å². The lowest BCUT2D eigenvalue weighted by atomic mass is 10.1. The smallest absolute Gasteiger partial charge is 0.234 e. The molecule has 0 bridgehead atoms. The third kappa shape index (κ3) is 5.33. The van der Waals surface area contributed by atoms with Crippen molar-refractivity contribution in [3.63, 3.8) is 0 Å². The first-order valence-corrected chi connectivity index (χ1v) is 9.34. The minimum Gasteiger partial charge on any atom is -0.497 e. The molecule has 138 valence electrons. The molecule has 2 aromatic carbocycles. The Kier molecular flexibility index (Phi) is 6.29. The monoisotopic (exact) mass is 352 g/mol. The van der Waals surface area contributed by atoms with Gasteiger partial charge in [0, 0.05) is 19.1 Å². The molecule has 0 aromatic heterocycles. The number of benzene rings is 2. The molecule has 0 aliphatic heterocycles. The Bertz CT molecular complexity index is 713. The molecule has 26 heavy (non-hydrogen) atoms. The van der Waals surface area contributed by atoms with Gasteiger partial charge in [-0.15, -0.1) is 0 Å². The fraction of sp³-hybridized carbons (Fsp3) is 0.409. The maximum absolute atomic E-state index is 12.5. The maximum Gasteiger partial charge on any atom is 0.234 e. The molecule has 1 atom stereocenters. The van der Waals surface area contributed by atoms with E-state index in [0.29, 0.717) is 13.1 Å². The van der Waals surface area contributed by atoms with Crippen LogP contribution in [0.2, 0.25) is 0 Å². The number of ether oxygens (including phenoxy) is 1. The molecular weight excluding hydrogens is 324 g/mol. The first-order chi connectivity index (χ1) is 12.7. The van der Waals surface area contributed by atoms with Crippen LogP contribution in [0.3, 0.4) is 0 Å². The lowest BCUT2D eigenvalue weighted by molar-refractivity contribution is -0.123. The van der Waals surface area contributed by atoms with Gasteiger partial charge in [-0.3, -0.25) is 9.69 Å². The highest BCUT2D eigenvalue weighted by Gasteiger charge is 2.28. The van der Waals surface area contributed by atoms with Crippen LogP contribution in [0.25, 0.3) is 0 Å². The summed E-state index contributed by atoms with van der Waals surface area (Å²) in [5, 5.41) is 3.04. The van der Waals surface area contributed by atoms with E-state index in [1.165, 1.54) is 18.4 Å². The quantitative estimate of drug-likeness (QED) is 0.747. The molecule has 3 rings (SSSR count). The Morgan fingerprint density at radius 3 is 2.65 bits per heavy atom. The first-order valence-electron chi connectivity index (χ1n) is 9.34. The molecule has 1 fully saturated rings. The summed E-state index contributed by atoms with van der Waals surface area (Å²) in [5.41, 5.74) is 2.30. The summed E-state index contributed by atoms with van der Waals surface area (Å²) in [5.74, 6) is 1.62. The van der Waals surface area contributed by atoms with E-state index in [1.54, 1.807) is 7.11 Å². The van der Waals surface area contributed by atoms with E-state index in [2.05, 4.69) is 41.4 Å². The summed E-state index contributed by atoms with van der Waals surface area (Å²) >= 11 is 0. The van der Waals surface area contributed by atoms with Gasteiger partial charge in [-0.1, -0.05) is 42.5 Å². The Balaban J connectivity index is 1.58. The highest BCUT2D eigenvalue weighted by molar-refractivity contribution is 5.78. The predicted molar refractivity (Wildman–Crippen MR) is 104 cm³/mol. The Labute approximate surface area is 156 Å². The van der Waals surface area contributed by atoms with Crippen LogP contribution in [0.1, 0.15) is 36.9 Å². The van der Waals surface area contributed by atoms with E-state index >= 15 is 0 Å². The van der Waals surface area contributed by atoms with Gasteiger partial charge in [0.15, 0.2) is 0 Å². The number of rotatable bonds is 9. The topological polar surface area (TPSA) is 41.6 Å². The van der Waals surface area contributed by atoms with Crippen molar-refractivity contribution in [1.82, 2.24) is 10.2 Å². The van der Waals surface area contributed by atoms with Crippen LogP contribution in [-0.4, -0.2) is 31.0 Å². The second-order valence-electron chi connectivity index (χ2n) is 7.09. The molecule has 1 amide bonds. The SMILES string of the molecule is COc1cccc(CNC(=O)CN(CC2CC2)C(C)c2ccccc2)c1. The number of nitrogens with one attached hydrogen (secondary N) is 1. The summed E-state index contributed by atoms with van der Waals surface area (Å²) in [6, 6.07) is 18.5. The van der Waals surface area contributed by atoms with Crippen LogP contribution < -0.4 is 10.1 Å². The van der Waals surface area contributed by atoms with Gasteiger partial charge in [0.25, 0.3) is 0 Å². The van der Waals surface area contributed by atoms with Gasteiger partial charge >= 0.3 is 0 Å². The molecule has 0 heterocycles. The van der Waals surface area contributed by atoms with E-state index in [-0.39, 0.29) is 11.9 Å². The van der Waals surface area contributed by atoms with Gasteiger partial charge in [0.2, 0.25) is 5.91 Å². The number of carbonyl (C=O) groups excluding carboxylic acids is 1. The van der Waals surface area contributed by atoms with Crippen LogP contribution in [0.5, 0.6) is 5.75 Å². The molecule has 0 radical (unpaired) electrons. The molecule has 0 saturated heterocycles. The van der Waals surface area contributed by atoms with Gasteiger partial charge in [-0.2, -0.15) is 0 Å². The molecule has 4 nitrogen and oxygen atoms in total. The Morgan fingerprint density at radius 1 is 1.19 bits per heavy atom. The van der Waals surface area contributed by atoms with E-state index in [4.69, 9.17) is 4.74 Å². The van der Waals surface area contributed by atoms with E-state index in [0.717, 1.165) is 23.8 Å². The van der Waals surface area contributed by atoms with Gasteiger partial charge in [0.1, 0.15) is 5.75 Å². The van der Waals surface area contributed by atoms with Crippen molar-refractivity contribution < 1.29 is 9.53 Å². The molecule has 2 aromatic rings. The molecule has 0 spiro atoms. The largest absolute Gasteiger partial charge is 0.497 e. The van der Waals surface area contributed by atoms with Crippen molar-refractivity contribution in [1.29, 1.82) is 0 Å². The van der Waals surface area contributed by atoms with Crippen molar-refractivity contribution in [2.45, 2.75) is 32.4 Å². The maximum atomic E-state index is 12.5. The molecule has 1 N–H and O–H groups in total. The zero-order chi connectivity index (χ0) is 18.4. The molecule has 4 heteroatoms. The highest BCUT2D eigenvalue weighted by Crippen LogP contribution is 2.32. The fourth-order valence-corrected chi connectivity index (χ4v) is 3.16. The first kappa shape index (κ1) is 18.5. The average Bonchev–Trinajstić information content (AvgIpc) is 3.50. The summed E-state index contributed by atoms with van der Waals surface area (Å²) in [6.07, 6.45) is 2.56. The zero-order valence-corrected chi connectivity index (χ0v) is 15.7. The van der Waals surface area contributed by atoms with E-state index in [1.807, 2.05) is 30.3 Å². The minimum absolute atomic E-state index is 0.0660. The number of carbonyl (C=O) groups is 1. The number of methoxy groups -OCH3 is 1. The molecular formula is C22H28N2O2. The summed E-state index contributed by atoms with van der Waals surface area (Å²) in [6.45, 7) is 4.12. The fourth-order valence-electron chi connectivity index (χ4n) is 3.16. The number of nitrogens with zero attached hydrogens (tertiary/aromatic N) is 1. The second-order valence-corrected chi connectivity index (χ2v) is 7.09. The van der Waals surface area contributed by atoms with Crippen molar-refractivity contribution in [2.24, 2.45) is 5.92 Å². The minimum atomic E-state index is 0.0660. The second kappa shape index (κ2) is 8.86. The summed E-state index contributed by atoms with van der Waals surface area (Å²) in [7, 11) is 1.65. The lowest BCUT2D eigenvalue weighted by Gasteiger charge is -2.29. The Morgan fingerprint density at radius 2 is 1.96 bits per heavy atom. The normalized spacial score (nSPS) is 14.9. The summed E-state index contributed by atoms with van der Waals surface area (Å²) in [4.78, 5) is 14.8. The molecule has 1 aliphatic carbocycles. The van der Waals surface area contributed by atoms with Crippen LogP contribution >= 0.6 is 0 Å². The molecule has 1 saturated carbocycles. The third-order valence-electron chi connectivity index (χ3n) is 4.99. The van der Waals surface area contributed by atoms with Crippen molar-refractivity contribution >= 4 is 5.91 Å². The highest BCUT2D eigenvalue weighted by atomic mass is 16.5. The Hall–Kier alpha value is -2.33. The van der Waals surface area contributed by atoms with Crippen molar-refractivity contribution in [2.75, 3.05) is 20.2 Å². The number of amides is 1.